The lowest BCUT2D eigenvalue weighted by molar-refractivity contribution is -0.383. The third kappa shape index (κ3) is 5.09. The van der Waals surface area contributed by atoms with Gasteiger partial charge in [-0.15, -0.1) is 0 Å². The summed E-state index contributed by atoms with van der Waals surface area (Å²) in [6.07, 6.45) is 0.941. The van der Waals surface area contributed by atoms with Crippen molar-refractivity contribution in [3.05, 3.63) is 28.3 Å². The first kappa shape index (κ1) is 24.1. The van der Waals surface area contributed by atoms with E-state index in [4.69, 9.17) is 9.47 Å². The van der Waals surface area contributed by atoms with Gasteiger partial charge in [0, 0.05) is 21.8 Å². The Labute approximate surface area is 199 Å². The summed E-state index contributed by atoms with van der Waals surface area (Å²) in [6, 6.07) is 3.79. The van der Waals surface area contributed by atoms with Crippen molar-refractivity contribution >= 4 is 66.9 Å². The van der Waals surface area contributed by atoms with Crippen LogP contribution >= 0.6 is 31.9 Å². The molecule has 1 heterocycles. The number of methoxy groups -OCH3 is 1. The molecule has 1 saturated heterocycles. The third-order valence-corrected chi connectivity index (χ3v) is 8.06. The summed E-state index contributed by atoms with van der Waals surface area (Å²) in [5.74, 6) is -3.34. The van der Waals surface area contributed by atoms with Crippen LogP contribution < -0.4 is 10.1 Å². The topological polar surface area (TPSA) is 145 Å². The Bertz CT molecular complexity index is 944. The van der Waals surface area contributed by atoms with Gasteiger partial charge in [-0.05, 0) is 18.9 Å². The number of carbonyl (C=O) groups excluding carboxylic acids is 4. The number of carbonyl (C=O) groups is 4. The van der Waals surface area contributed by atoms with Crippen LogP contribution in [0.25, 0.3) is 0 Å². The van der Waals surface area contributed by atoms with Crippen molar-refractivity contribution < 1.29 is 33.6 Å². The number of ether oxygens (including phenoxy) is 2. The van der Waals surface area contributed by atoms with Gasteiger partial charge in [0.25, 0.3) is 11.6 Å². The van der Waals surface area contributed by atoms with Crippen molar-refractivity contribution in [3.63, 3.8) is 0 Å². The number of nitro groups is 1. The fraction of sp³-hybridized carbons (Fsp3) is 0.474. The number of anilines is 1. The number of halogens is 2. The molecule has 1 saturated carbocycles. The van der Waals surface area contributed by atoms with Crippen molar-refractivity contribution in [3.8, 4) is 5.75 Å². The minimum absolute atomic E-state index is 0.0387. The molecule has 32 heavy (non-hydrogen) atoms. The van der Waals surface area contributed by atoms with Crippen molar-refractivity contribution in [2.24, 2.45) is 11.8 Å². The van der Waals surface area contributed by atoms with E-state index in [9.17, 15) is 29.3 Å². The van der Waals surface area contributed by atoms with E-state index in [0.29, 0.717) is 12.8 Å². The Morgan fingerprint density at radius 2 is 1.78 bits per heavy atom. The Morgan fingerprint density at radius 1 is 1.19 bits per heavy atom. The second-order valence-electron chi connectivity index (χ2n) is 7.33. The molecule has 13 heteroatoms. The van der Waals surface area contributed by atoms with E-state index in [-0.39, 0.29) is 26.8 Å². The summed E-state index contributed by atoms with van der Waals surface area (Å²) in [5.41, 5.74) is -0.491. The Kier molecular flexibility index (Phi) is 7.49. The van der Waals surface area contributed by atoms with Gasteiger partial charge >= 0.3 is 5.97 Å². The monoisotopic (exact) mass is 575 g/mol. The van der Waals surface area contributed by atoms with Crippen molar-refractivity contribution in [2.45, 2.75) is 22.5 Å². The van der Waals surface area contributed by atoms with E-state index < -0.39 is 53.6 Å². The van der Waals surface area contributed by atoms with Crippen LogP contribution in [0.15, 0.2) is 18.2 Å². The zero-order chi connectivity index (χ0) is 23.6. The Hall–Kier alpha value is -2.54. The van der Waals surface area contributed by atoms with Crippen LogP contribution in [-0.2, 0) is 23.9 Å². The number of likely N-dealkylation sites (tertiary alicyclic amines) is 1. The van der Waals surface area contributed by atoms with Gasteiger partial charge in [-0.3, -0.25) is 34.2 Å². The van der Waals surface area contributed by atoms with Crippen LogP contribution in [0.2, 0.25) is 0 Å². The Balaban J connectivity index is 1.56. The molecule has 1 aliphatic heterocycles. The summed E-state index contributed by atoms with van der Waals surface area (Å²) in [7, 11) is 1.36. The number of nitrogens with one attached hydrogen (secondary N) is 1. The second kappa shape index (κ2) is 9.94. The van der Waals surface area contributed by atoms with Gasteiger partial charge in [-0.1, -0.05) is 31.9 Å². The normalized spacial score (nSPS) is 24.7. The molecule has 0 spiro atoms. The van der Waals surface area contributed by atoms with E-state index in [1.807, 2.05) is 0 Å². The van der Waals surface area contributed by atoms with Crippen LogP contribution in [0.5, 0.6) is 5.75 Å². The van der Waals surface area contributed by atoms with Gasteiger partial charge in [0.2, 0.25) is 11.8 Å². The molecular formula is C19H19Br2N3O8. The van der Waals surface area contributed by atoms with Crippen LogP contribution in [0.4, 0.5) is 11.4 Å². The number of amides is 3. The van der Waals surface area contributed by atoms with E-state index in [0.717, 1.165) is 4.90 Å². The van der Waals surface area contributed by atoms with Crippen LogP contribution in [0.3, 0.4) is 0 Å². The van der Waals surface area contributed by atoms with Gasteiger partial charge in [-0.25, -0.2) is 0 Å². The number of nitro benzene ring substituents is 1. The maximum atomic E-state index is 12.6. The zero-order valence-electron chi connectivity index (χ0n) is 16.8. The highest BCUT2D eigenvalue weighted by Gasteiger charge is 2.52. The Morgan fingerprint density at radius 3 is 2.31 bits per heavy atom. The molecule has 0 bridgehead atoms. The second-order valence-corrected chi connectivity index (χ2v) is 9.68. The summed E-state index contributed by atoms with van der Waals surface area (Å²) in [5, 5.41) is 13.4. The number of alkyl halides is 2. The molecule has 1 aromatic rings. The first-order chi connectivity index (χ1) is 15.1. The van der Waals surface area contributed by atoms with Gasteiger partial charge in [0.05, 0.1) is 23.9 Å². The molecule has 2 aliphatic rings. The number of esters is 1. The molecule has 4 atom stereocenters. The van der Waals surface area contributed by atoms with E-state index in [1.54, 1.807) is 0 Å². The van der Waals surface area contributed by atoms with Crippen molar-refractivity contribution in [1.29, 1.82) is 0 Å². The molecule has 0 radical (unpaired) electrons. The van der Waals surface area contributed by atoms with Crippen LogP contribution in [0.1, 0.15) is 12.8 Å². The van der Waals surface area contributed by atoms with Gasteiger partial charge < -0.3 is 14.8 Å². The standard InChI is InChI=1S/C19H19Br2N3O8/c1-31-9-2-3-15(24(29)30)14(4-9)22-16(25)8-32-17(26)7-23-18(27)10-5-12(20)13(21)6-11(10)19(23)28/h2-4,10-13H,5-8H2,1H3,(H,22,25)/t10-,11-,12-,13+/m1/s1. The molecule has 0 unspecified atom stereocenters. The fourth-order valence-corrected chi connectivity index (χ4v) is 4.97. The highest BCUT2D eigenvalue weighted by atomic mass is 79.9. The highest BCUT2D eigenvalue weighted by molar-refractivity contribution is 9.12. The highest BCUT2D eigenvalue weighted by Crippen LogP contribution is 2.43. The zero-order valence-corrected chi connectivity index (χ0v) is 20.0. The minimum Gasteiger partial charge on any atom is -0.497 e. The number of fused-ring (bicyclic) bond motifs is 1. The van der Waals surface area contributed by atoms with E-state index in [2.05, 4.69) is 37.2 Å². The molecule has 1 N–H and O–H groups in total. The maximum absolute atomic E-state index is 12.6. The maximum Gasteiger partial charge on any atom is 0.326 e. The molecular weight excluding hydrogens is 558 g/mol. The fourth-order valence-electron chi connectivity index (χ4n) is 3.73. The SMILES string of the molecule is COc1ccc([N+](=O)[O-])c(NC(=O)COC(=O)CN2C(=O)[C@@H]3C[C@@H](Br)[C@@H](Br)C[C@H]3C2=O)c1. The molecule has 2 fully saturated rings. The lowest BCUT2D eigenvalue weighted by Gasteiger charge is -2.29. The van der Waals surface area contributed by atoms with Crippen molar-refractivity contribution in [1.82, 2.24) is 4.90 Å². The number of hydrogen-bond donors (Lipinski definition) is 1. The van der Waals surface area contributed by atoms with Gasteiger partial charge in [-0.2, -0.15) is 0 Å². The molecule has 11 nitrogen and oxygen atoms in total. The number of imide groups is 1. The summed E-state index contributed by atoms with van der Waals surface area (Å²) >= 11 is 6.97. The van der Waals surface area contributed by atoms with Crippen LogP contribution in [0, 0.1) is 22.0 Å². The molecule has 3 amide bonds. The summed E-state index contributed by atoms with van der Waals surface area (Å²) in [6.45, 7) is -1.35. The van der Waals surface area contributed by atoms with Crippen molar-refractivity contribution in [2.75, 3.05) is 25.6 Å². The number of hydrogen-bond acceptors (Lipinski definition) is 8. The van der Waals surface area contributed by atoms with Crippen LogP contribution in [-0.4, -0.2) is 63.4 Å². The number of rotatable bonds is 7. The molecule has 0 aromatic heterocycles. The average molecular weight is 577 g/mol. The summed E-state index contributed by atoms with van der Waals surface area (Å²) < 4.78 is 9.85. The largest absolute Gasteiger partial charge is 0.497 e. The lowest BCUT2D eigenvalue weighted by atomic mass is 9.81. The summed E-state index contributed by atoms with van der Waals surface area (Å²) in [4.78, 5) is 60.8. The first-order valence-corrected chi connectivity index (χ1v) is 11.4. The molecule has 1 aromatic carbocycles. The molecule has 172 valence electrons. The predicted molar refractivity (Wildman–Crippen MR) is 118 cm³/mol. The minimum atomic E-state index is -0.938. The smallest absolute Gasteiger partial charge is 0.326 e. The number of nitrogens with zero attached hydrogens (tertiary/aromatic N) is 2. The van der Waals surface area contributed by atoms with Gasteiger partial charge in [0.1, 0.15) is 18.0 Å². The average Bonchev–Trinajstić information content (AvgIpc) is 2.96. The van der Waals surface area contributed by atoms with E-state index >= 15 is 0 Å². The number of benzene rings is 1. The quantitative estimate of drug-likeness (QED) is 0.170. The third-order valence-electron chi connectivity index (χ3n) is 5.33. The molecule has 3 rings (SSSR count). The molecule has 1 aliphatic carbocycles. The van der Waals surface area contributed by atoms with Gasteiger partial charge in [0.15, 0.2) is 6.61 Å². The van der Waals surface area contributed by atoms with E-state index in [1.165, 1.54) is 25.3 Å². The predicted octanol–water partition coefficient (Wildman–Crippen LogP) is 2.01. The first-order valence-electron chi connectivity index (χ1n) is 9.53. The lowest BCUT2D eigenvalue weighted by Crippen LogP contribution is -2.37.